The van der Waals surface area contributed by atoms with Gasteiger partial charge in [0, 0.05) is 12.7 Å². The van der Waals surface area contributed by atoms with E-state index in [9.17, 15) is 9.59 Å². The molecular formula is C12H18N4O3. The zero-order valence-corrected chi connectivity index (χ0v) is 10.9. The number of anilines is 2. The van der Waals surface area contributed by atoms with Crippen molar-refractivity contribution in [3.63, 3.8) is 0 Å². The smallest absolute Gasteiger partial charge is 0.337 e. The quantitative estimate of drug-likeness (QED) is 0.597. The van der Waals surface area contributed by atoms with Gasteiger partial charge in [0.25, 0.3) is 0 Å². The molecule has 1 aromatic rings. The fourth-order valence-electron chi connectivity index (χ4n) is 1.29. The Morgan fingerprint density at radius 1 is 1.47 bits per heavy atom. The zero-order valence-electron chi connectivity index (χ0n) is 10.9. The number of nitrogen functional groups attached to an aromatic ring is 1. The maximum absolute atomic E-state index is 11.5. The number of hydrogen-bond donors (Lipinski definition) is 4. The standard InChI is InChI=1S/C12H18N4O3/c1-7(2)4-14-10(17)6-16-11-9(13)3-8(5-15-11)12(18)19/h3,5,7H,4,6,13H2,1-2H3,(H,14,17)(H,15,16)(H,18,19). The van der Waals surface area contributed by atoms with Crippen LogP contribution in [0.15, 0.2) is 12.3 Å². The number of rotatable bonds is 6. The zero-order chi connectivity index (χ0) is 14.4. The van der Waals surface area contributed by atoms with Crippen LogP contribution in [0.4, 0.5) is 11.5 Å². The largest absolute Gasteiger partial charge is 0.478 e. The van der Waals surface area contributed by atoms with Crippen LogP contribution in [0.2, 0.25) is 0 Å². The molecule has 104 valence electrons. The number of carboxylic acid groups (broad SMARTS) is 1. The molecule has 7 nitrogen and oxygen atoms in total. The molecule has 0 atom stereocenters. The molecule has 19 heavy (non-hydrogen) atoms. The molecule has 0 aromatic carbocycles. The molecule has 0 aliphatic rings. The van der Waals surface area contributed by atoms with Gasteiger partial charge in [-0.1, -0.05) is 13.8 Å². The number of nitrogens with two attached hydrogens (primary N) is 1. The highest BCUT2D eigenvalue weighted by atomic mass is 16.4. The normalized spacial score (nSPS) is 10.3. The predicted molar refractivity (Wildman–Crippen MR) is 71.9 cm³/mol. The summed E-state index contributed by atoms with van der Waals surface area (Å²) >= 11 is 0. The van der Waals surface area contributed by atoms with Gasteiger partial charge in [-0.05, 0) is 12.0 Å². The number of aromatic carboxylic acids is 1. The molecule has 0 bridgehead atoms. The van der Waals surface area contributed by atoms with Crippen LogP contribution >= 0.6 is 0 Å². The van der Waals surface area contributed by atoms with E-state index in [-0.39, 0.29) is 23.7 Å². The van der Waals surface area contributed by atoms with Crippen molar-refractivity contribution < 1.29 is 14.7 Å². The SMILES string of the molecule is CC(C)CNC(=O)CNc1ncc(C(=O)O)cc1N. The molecule has 0 radical (unpaired) electrons. The van der Waals surface area contributed by atoms with Gasteiger partial charge in [-0.25, -0.2) is 9.78 Å². The molecule has 0 fully saturated rings. The molecule has 0 unspecified atom stereocenters. The first-order chi connectivity index (χ1) is 8.90. The minimum atomic E-state index is -1.10. The van der Waals surface area contributed by atoms with Gasteiger partial charge in [0.2, 0.25) is 5.91 Å². The molecule has 7 heteroatoms. The van der Waals surface area contributed by atoms with Crippen molar-refractivity contribution in [1.29, 1.82) is 0 Å². The number of amides is 1. The van der Waals surface area contributed by atoms with Crippen molar-refractivity contribution in [1.82, 2.24) is 10.3 Å². The summed E-state index contributed by atoms with van der Waals surface area (Å²) in [6.45, 7) is 4.63. The van der Waals surface area contributed by atoms with Crippen molar-refractivity contribution in [3.05, 3.63) is 17.8 Å². The fraction of sp³-hybridized carbons (Fsp3) is 0.417. The van der Waals surface area contributed by atoms with E-state index < -0.39 is 5.97 Å². The van der Waals surface area contributed by atoms with Gasteiger partial charge in [0.05, 0.1) is 17.8 Å². The second-order valence-electron chi connectivity index (χ2n) is 4.52. The van der Waals surface area contributed by atoms with Crippen LogP contribution in [0.5, 0.6) is 0 Å². The molecule has 1 aromatic heterocycles. The summed E-state index contributed by atoms with van der Waals surface area (Å²) in [6.07, 6.45) is 1.19. The van der Waals surface area contributed by atoms with Crippen molar-refractivity contribution >= 4 is 23.4 Å². The Labute approximate surface area is 111 Å². The Kier molecular flexibility index (Phi) is 5.11. The van der Waals surface area contributed by atoms with E-state index >= 15 is 0 Å². The van der Waals surface area contributed by atoms with E-state index in [1.54, 1.807) is 0 Å². The van der Waals surface area contributed by atoms with Crippen LogP contribution in [0.3, 0.4) is 0 Å². The van der Waals surface area contributed by atoms with Crippen LogP contribution in [-0.2, 0) is 4.79 Å². The molecule has 1 rings (SSSR count). The van der Waals surface area contributed by atoms with Crippen LogP contribution in [-0.4, -0.2) is 35.1 Å². The first kappa shape index (κ1) is 14.7. The first-order valence-electron chi connectivity index (χ1n) is 5.89. The van der Waals surface area contributed by atoms with E-state index in [0.29, 0.717) is 18.3 Å². The first-order valence-corrected chi connectivity index (χ1v) is 5.89. The average molecular weight is 266 g/mol. The lowest BCUT2D eigenvalue weighted by Crippen LogP contribution is -2.32. The summed E-state index contributed by atoms with van der Waals surface area (Å²) in [5.74, 6) is -0.593. The summed E-state index contributed by atoms with van der Waals surface area (Å²) in [7, 11) is 0. The molecule has 5 N–H and O–H groups in total. The fourth-order valence-corrected chi connectivity index (χ4v) is 1.29. The van der Waals surface area contributed by atoms with E-state index in [1.807, 2.05) is 13.8 Å². The van der Waals surface area contributed by atoms with E-state index in [2.05, 4.69) is 15.6 Å². The molecule has 0 aliphatic carbocycles. The Hall–Kier alpha value is -2.31. The third-order valence-corrected chi connectivity index (χ3v) is 2.29. The molecule has 0 aliphatic heterocycles. The van der Waals surface area contributed by atoms with E-state index in [1.165, 1.54) is 12.3 Å². The lowest BCUT2D eigenvalue weighted by Gasteiger charge is -2.10. The third kappa shape index (κ3) is 4.82. The number of carbonyl (C=O) groups is 2. The van der Waals surface area contributed by atoms with Crippen LogP contribution < -0.4 is 16.4 Å². The van der Waals surface area contributed by atoms with Gasteiger partial charge in [-0.15, -0.1) is 0 Å². The predicted octanol–water partition coefficient (Wildman–Crippen LogP) is 0.546. The second-order valence-corrected chi connectivity index (χ2v) is 4.52. The van der Waals surface area contributed by atoms with Gasteiger partial charge in [0.1, 0.15) is 5.82 Å². The summed E-state index contributed by atoms with van der Waals surface area (Å²) in [4.78, 5) is 26.0. The number of aromatic nitrogens is 1. The maximum atomic E-state index is 11.5. The maximum Gasteiger partial charge on any atom is 0.337 e. The van der Waals surface area contributed by atoms with Crippen molar-refractivity contribution in [3.8, 4) is 0 Å². The number of nitrogens with zero attached hydrogens (tertiary/aromatic N) is 1. The lowest BCUT2D eigenvalue weighted by atomic mass is 10.2. The molecule has 0 saturated heterocycles. The Morgan fingerprint density at radius 3 is 2.68 bits per heavy atom. The van der Waals surface area contributed by atoms with Gasteiger partial charge in [-0.3, -0.25) is 4.79 Å². The highest BCUT2D eigenvalue weighted by Gasteiger charge is 2.09. The van der Waals surface area contributed by atoms with Crippen LogP contribution in [0.1, 0.15) is 24.2 Å². The van der Waals surface area contributed by atoms with Gasteiger partial charge >= 0.3 is 5.97 Å². The summed E-state index contributed by atoms with van der Waals surface area (Å²) in [5, 5.41) is 14.3. The third-order valence-electron chi connectivity index (χ3n) is 2.29. The molecule has 1 amide bonds. The summed E-state index contributed by atoms with van der Waals surface area (Å²) < 4.78 is 0. The molecule has 0 spiro atoms. The Balaban J connectivity index is 2.54. The highest BCUT2D eigenvalue weighted by Crippen LogP contribution is 2.15. The van der Waals surface area contributed by atoms with Crippen LogP contribution in [0, 0.1) is 5.92 Å². The number of carbonyl (C=O) groups excluding carboxylic acids is 1. The Morgan fingerprint density at radius 2 is 2.16 bits per heavy atom. The van der Waals surface area contributed by atoms with Crippen molar-refractivity contribution in [2.24, 2.45) is 5.92 Å². The number of hydrogen-bond acceptors (Lipinski definition) is 5. The molecule has 1 heterocycles. The van der Waals surface area contributed by atoms with E-state index in [4.69, 9.17) is 10.8 Å². The van der Waals surface area contributed by atoms with Crippen molar-refractivity contribution in [2.45, 2.75) is 13.8 Å². The monoisotopic (exact) mass is 266 g/mol. The number of pyridine rings is 1. The number of carboxylic acids is 1. The topological polar surface area (TPSA) is 117 Å². The van der Waals surface area contributed by atoms with Crippen LogP contribution in [0.25, 0.3) is 0 Å². The van der Waals surface area contributed by atoms with Crippen molar-refractivity contribution in [2.75, 3.05) is 24.1 Å². The lowest BCUT2D eigenvalue weighted by molar-refractivity contribution is -0.119. The Bertz CT molecular complexity index is 474. The van der Waals surface area contributed by atoms with Gasteiger partial charge in [0.15, 0.2) is 0 Å². The van der Waals surface area contributed by atoms with E-state index in [0.717, 1.165) is 0 Å². The summed E-state index contributed by atoms with van der Waals surface area (Å²) in [5.41, 5.74) is 5.85. The van der Waals surface area contributed by atoms with Gasteiger partial charge in [-0.2, -0.15) is 0 Å². The minimum Gasteiger partial charge on any atom is -0.478 e. The molecular weight excluding hydrogens is 248 g/mol. The average Bonchev–Trinajstić information content (AvgIpc) is 2.34. The minimum absolute atomic E-state index is 0.00677. The molecule has 0 saturated carbocycles. The highest BCUT2D eigenvalue weighted by molar-refractivity contribution is 5.89. The van der Waals surface area contributed by atoms with Gasteiger partial charge < -0.3 is 21.5 Å². The second kappa shape index (κ2) is 6.58. The summed E-state index contributed by atoms with van der Waals surface area (Å²) in [6, 6.07) is 1.30. The number of nitrogens with one attached hydrogen (secondary N) is 2.